The van der Waals surface area contributed by atoms with E-state index in [1.807, 2.05) is 45.9 Å². The van der Waals surface area contributed by atoms with Gasteiger partial charge in [-0.05, 0) is 45.7 Å². The van der Waals surface area contributed by atoms with Gasteiger partial charge in [0.2, 0.25) is 0 Å². The minimum atomic E-state index is -0.863. The van der Waals surface area contributed by atoms with E-state index in [1.165, 1.54) is 7.11 Å². The van der Waals surface area contributed by atoms with Gasteiger partial charge in [0, 0.05) is 6.04 Å². The molecule has 0 saturated carbocycles. The molecule has 1 atom stereocenters. The number of ether oxygens (including phenoxy) is 2. The summed E-state index contributed by atoms with van der Waals surface area (Å²) in [7, 11) is 1.39. The van der Waals surface area contributed by atoms with Crippen molar-refractivity contribution in [1.29, 1.82) is 0 Å². The quantitative estimate of drug-likeness (QED) is 0.813. The second-order valence-corrected chi connectivity index (χ2v) is 5.63. The molecule has 0 saturated heterocycles. The predicted molar refractivity (Wildman–Crippen MR) is 80.1 cm³/mol. The number of esters is 1. The third kappa shape index (κ3) is 3.97. The van der Waals surface area contributed by atoms with Gasteiger partial charge in [-0.1, -0.05) is 18.2 Å². The van der Waals surface area contributed by atoms with Gasteiger partial charge in [-0.2, -0.15) is 0 Å². The molecule has 4 heteroatoms. The Morgan fingerprint density at radius 3 is 2.30 bits per heavy atom. The Labute approximate surface area is 121 Å². The van der Waals surface area contributed by atoms with Gasteiger partial charge in [-0.15, -0.1) is 0 Å². The molecule has 0 bridgehead atoms. The molecule has 1 aromatic carbocycles. The molecule has 0 fully saturated rings. The highest BCUT2D eigenvalue weighted by Gasteiger charge is 2.36. The van der Waals surface area contributed by atoms with E-state index in [9.17, 15) is 4.79 Å². The summed E-state index contributed by atoms with van der Waals surface area (Å²) in [6.45, 7) is 9.98. The number of methoxy groups -OCH3 is 1. The van der Waals surface area contributed by atoms with E-state index in [1.54, 1.807) is 6.92 Å². The topological polar surface area (TPSA) is 47.6 Å². The Bertz CT molecular complexity index is 451. The van der Waals surface area contributed by atoms with Crippen molar-refractivity contribution < 1.29 is 14.3 Å². The van der Waals surface area contributed by atoms with Gasteiger partial charge in [-0.25, -0.2) is 4.79 Å². The molecule has 0 amide bonds. The molecular formula is C16H25NO3. The smallest absolute Gasteiger partial charge is 0.329 e. The molecule has 1 unspecified atom stereocenters. The fourth-order valence-electron chi connectivity index (χ4n) is 2.27. The molecule has 4 nitrogen and oxygen atoms in total. The molecule has 0 aliphatic carbocycles. The van der Waals surface area contributed by atoms with E-state index < -0.39 is 5.54 Å². The summed E-state index contributed by atoms with van der Waals surface area (Å²) in [5.41, 5.74) is 1.25. The van der Waals surface area contributed by atoms with Crippen molar-refractivity contribution in [2.24, 2.45) is 0 Å². The number of benzene rings is 1. The molecule has 1 aromatic rings. The minimum Gasteiger partial charge on any atom is -0.490 e. The third-order valence-electron chi connectivity index (χ3n) is 3.16. The van der Waals surface area contributed by atoms with Gasteiger partial charge >= 0.3 is 5.97 Å². The molecule has 0 aromatic heterocycles. The number of carbonyl (C=O) groups is 1. The van der Waals surface area contributed by atoms with Gasteiger partial charge in [0.1, 0.15) is 17.9 Å². The fraction of sp³-hybridized carbons (Fsp3) is 0.562. The Hall–Kier alpha value is -1.55. The normalized spacial score (nSPS) is 13.9. The van der Waals surface area contributed by atoms with E-state index in [0.717, 1.165) is 16.9 Å². The molecular weight excluding hydrogens is 254 g/mol. The lowest BCUT2D eigenvalue weighted by molar-refractivity contribution is -0.149. The summed E-state index contributed by atoms with van der Waals surface area (Å²) in [5.74, 6) is 0.505. The van der Waals surface area contributed by atoms with Crippen molar-refractivity contribution in [3.05, 3.63) is 29.3 Å². The molecule has 1 N–H and O–H groups in total. The van der Waals surface area contributed by atoms with E-state index in [-0.39, 0.29) is 18.6 Å². The molecule has 0 spiro atoms. The average Bonchev–Trinajstić information content (AvgIpc) is 2.36. The number of carbonyl (C=O) groups excluding carboxylic acids is 1. The van der Waals surface area contributed by atoms with Gasteiger partial charge in [0.05, 0.1) is 7.11 Å². The van der Waals surface area contributed by atoms with Crippen LogP contribution in [0.15, 0.2) is 18.2 Å². The van der Waals surface area contributed by atoms with Crippen LogP contribution < -0.4 is 10.1 Å². The minimum absolute atomic E-state index is 0.153. The van der Waals surface area contributed by atoms with Crippen molar-refractivity contribution >= 4 is 5.97 Å². The second kappa shape index (κ2) is 6.75. The Morgan fingerprint density at radius 1 is 1.30 bits per heavy atom. The van der Waals surface area contributed by atoms with Gasteiger partial charge in [0.25, 0.3) is 0 Å². The number of hydrogen-bond acceptors (Lipinski definition) is 4. The highest BCUT2D eigenvalue weighted by Crippen LogP contribution is 2.23. The highest BCUT2D eigenvalue weighted by molar-refractivity contribution is 5.80. The largest absolute Gasteiger partial charge is 0.490 e. The first-order chi connectivity index (χ1) is 9.30. The van der Waals surface area contributed by atoms with E-state index in [2.05, 4.69) is 5.32 Å². The lowest BCUT2D eigenvalue weighted by Gasteiger charge is -2.30. The summed E-state index contributed by atoms with van der Waals surface area (Å²) in [5, 5.41) is 3.22. The number of aryl methyl sites for hydroxylation is 2. The van der Waals surface area contributed by atoms with Gasteiger partial charge in [-0.3, -0.25) is 5.32 Å². The maximum absolute atomic E-state index is 12.0. The zero-order valence-electron chi connectivity index (χ0n) is 13.2. The van der Waals surface area contributed by atoms with Crippen molar-refractivity contribution in [2.45, 2.75) is 46.2 Å². The number of rotatable bonds is 6. The molecule has 20 heavy (non-hydrogen) atoms. The molecule has 0 aliphatic heterocycles. The number of para-hydroxylation sites is 1. The van der Waals surface area contributed by atoms with Crippen LogP contribution in [0.5, 0.6) is 5.75 Å². The lowest BCUT2D eigenvalue weighted by atomic mass is 10.0. The molecule has 112 valence electrons. The van der Waals surface area contributed by atoms with Crippen LogP contribution in [0.4, 0.5) is 0 Å². The van der Waals surface area contributed by atoms with Gasteiger partial charge < -0.3 is 9.47 Å². The lowest BCUT2D eigenvalue weighted by Crippen LogP contribution is -2.56. The van der Waals surface area contributed by atoms with Gasteiger partial charge in [0.15, 0.2) is 0 Å². The fourth-order valence-corrected chi connectivity index (χ4v) is 2.27. The maximum atomic E-state index is 12.0. The van der Waals surface area contributed by atoms with Crippen LogP contribution >= 0.6 is 0 Å². The SMILES string of the molecule is COC(=O)C(C)(COc1c(C)cccc1C)NC(C)C. The standard InChI is InChI=1S/C16H25NO3/c1-11(2)17-16(5,15(18)19-6)10-20-14-12(3)8-7-9-13(14)4/h7-9,11,17H,10H2,1-6H3. The average molecular weight is 279 g/mol. The van der Waals surface area contributed by atoms with Crippen molar-refractivity contribution in [3.8, 4) is 5.75 Å². The molecule has 0 radical (unpaired) electrons. The predicted octanol–water partition coefficient (Wildman–Crippen LogP) is 2.61. The summed E-state index contributed by atoms with van der Waals surface area (Å²) in [6, 6.07) is 6.13. The van der Waals surface area contributed by atoms with Crippen LogP contribution in [0.2, 0.25) is 0 Å². The van der Waals surface area contributed by atoms with Crippen molar-refractivity contribution in [1.82, 2.24) is 5.32 Å². The van der Waals surface area contributed by atoms with Crippen LogP contribution in [-0.4, -0.2) is 31.3 Å². The van der Waals surface area contributed by atoms with Crippen LogP contribution in [0, 0.1) is 13.8 Å². The van der Waals surface area contributed by atoms with Crippen LogP contribution in [-0.2, 0) is 9.53 Å². The van der Waals surface area contributed by atoms with Crippen molar-refractivity contribution in [3.63, 3.8) is 0 Å². The highest BCUT2D eigenvalue weighted by atomic mass is 16.5. The molecule has 0 heterocycles. The second-order valence-electron chi connectivity index (χ2n) is 5.63. The summed E-state index contributed by atoms with van der Waals surface area (Å²) in [4.78, 5) is 12.0. The van der Waals surface area contributed by atoms with Crippen LogP contribution in [0.3, 0.4) is 0 Å². The first-order valence-electron chi connectivity index (χ1n) is 6.85. The zero-order valence-corrected chi connectivity index (χ0v) is 13.2. The monoisotopic (exact) mass is 279 g/mol. The van der Waals surface area contributed by atoms with Crippen LogP contribution in [0.25, 0.3) is 0 Å². The van der Waals surface area contributed by atoms with E-state index >= 15 is 0 Å². The summed E-state index contributed by atoms with van der Waals surface area (Å²) in [6.07, 6.45) is 0. The first-order valence-corrected chi connectivity index (χ1v) is 6.85. The third-order valence-corrected chi connectivity index (χ3v) is 3.16. The molecule has 0 aliphatic rings. The zero-order chi connectivity index (χ0) is 15.3. The summed E-state index contributed by atoms with van der Waals surface area (Å²) >= 11 is 0. The Balaban J connectivity index is 2.89. The summed E-state index contributed by atoms with van der Waals surface area (Å²) < 4.78 is 10.8. The number of nitrogens with one attached hydrogen (secondary N) is 1. The number of hydrogen-bond donors (Lipinski definition) is 1. The van der Waals surface area contributed by atoms with Crippen LogP contribution in [0.1, 0.15) is 31.9 Å². The maximum Gasteiger partial charge on any atom is 0.329 e. The Morgan fingerprint density at radius 2 is 1.85 bits per heavy atom. The van der Waals surface area contributed by atoms with Crippen molar-refractivity contribution in [2.75, 3.05) is 13.7 Å². The first kappa shape index (κ1) is 16.5. The molecule has 1 rings (SSSR count). The van der Waals surface area contributed by atoms with E-state index in [0.29, 0.717) is 0 Å². The Kier molecular flexibility index (Phi) is 5.57. The van der Waals surface area contributed by atoms with E-state index in [4.69, 9.17) is 9.47 Å².